The molecule has 0 bridgehead atoms. The predicted octanol–water partition coefficient (Wildman–Crippen LogP) is 3.57. The van der Waals surface area contributed by atoms with Gasteiger partial charge in [-0.2, -0.15) is 5.10 Å². The van der Waals surface area contributed by atoms with Crippen molar-refractivity contribution in [1.82, 2.24) is 24.7 Å². The summed E-state index contributed by atoms with van der Waals surface area (Å²) >= 11 is 0. The second-order valence-corrected chi connectivity index (χ2v) is 6.31. The van der Waals surface area contributed by atoms with Crippen molar-refractivity contribution in [3.63, 3.8) is 0 Å². The van der Waals surface area contributed by atoms with Crippen LogP contribution in [0, 0.1) is 0 Å². The highest BCUT2D eigenvalue weighted by atomic mass is 15.3. The van der Waals surface area contributed by atoms with Gasteiger partial charge in [0.25, 0.3) is 0 Å². The number of hydrogen-bond acceptors (Lipinski definition) is 5. The zero-order valence-corrected chi connectivity index (χ0v) is 15.3. The van der Waals surface area contributed by atoms with Crippen molar-refractivity contribution in [3.05, 3.63) is 72.7 Å². The van der Waals surface area contributed by atoms with Gasteiger partial charge >= 0.3 is 0 Å². The van der Waals surface area contributed by atoms with Crippen LogP contribution in [0.3, 0.4) is 0 Å². The van der Waals surface area contributed by atoms with Gasteiger partial charge in [0.2, 0.25) is 0 Å². The summed E-state index contributed by atoms with van der Waals surface area (Å²) in [5, 5.41) is 5.29. The molecule has 0 spiro atoms. The van der Waals surface area contributed by atoms with Crippen LogP contribution >= 0.6 is 0 Å². The van der Waals surface area contributed by atoms with Crippen molar-refractivity contribution < 1.29 is 0 Å². The molecule has 0 radical (unpaired) electrons. The van der Waals surface area contributed by atoms with Gasteiger partial charge < -0.3 is 4.90 Å². The summed E-state index contributed by atoms with van der Waals surface area (Å²) in [6, 6.07) is 14.1. The lowest BCUT2D eigenvalue weighted by atomic mass is 10.2. The van der Waals surface area contributed by atoms with Gasteiger partial charge in [0, 0.05) is 38.6 Å². The molecule has 0 aliphatic rings. The number of fused-ring (bicyclic) bond motifs is 1. The van der Waals surface area contributed by atoms with Crippen molar-refractivity contribution in [2.45, 2.75) is 0 Å². The van der Waals surface area contributed by atoms with E-state index in [-0.39, 0.29) is 0 Å². The summed E-state index contributed by atoms with van der Waals surface area (Å²) in [5.41, 5.74) is 2.92. The first-order valence-electron chi connectivity index (χ1n) is 8.75. The van der Waals surface area contributed by atoms with Crippen molar-refractivity contribution in [1.29, 1.82) is 0 Å². The number of anilines is 1. The van der Waals surface area contributed by atoms with E-state index in [0.717, 1.165) is 29.0 Å². The number of nitrogens with zero attached hydrogens (tertiary/aromatic N) is 6. The minimum atomic E-state index is 0.669. The van der Waals surface area contributed by atoms with E-state index in [1.165, 1.54) is 5.56 Å². The van der Waals surface area contributed by atoms with E-state index >= 15 is 0 Å². The fraction of sp³-hybridized carbons (Fsp3) is 0.143. The zero-order chi connectivity index (χ0) is 18.6. The molecule has 27 heavy (non-hydrogen) atoms. The quantitative estimate of drug-likeness (QED) is 0.547. The molecule has 3 heterocycles. The normalized spacial score (nSPS) is 11.3. The average molecular weight is 356 g/mol. The fourth-order valence-electron chi connectivity index (χ4n) is 2.93. The van der Waals surface area contributed by atoms with Gasteiger partial charge in [-0.1, -0.05) is 42.5 Å². The molecule has 0 fully saturated rings. The smallest absolute Gasteiger partial charge is 0.164 e. The summed E-state index contributed by atoms with van der Waals surface area (Å²) < 4.78 is 1.78. The molecule has 6 heteroatoms. The number of benzene rings is 1. The zero-order valence-electron chi connectivity index (χ0n) is 15.3. The highest BCUT2D eigenvalue weighted by Crippen LogP contribution is 2.26. The third-order valence-corrected chi connectivity index (χ3v) is 4.36. The number of hydrogen-bond donors (Lipinski definition) is 0. The van der Waals surface area contributed by atoms with Gasteiger partial charge in [0.1, 0.15) is 5.82 Å². The average Bonchev–Trinajstić information content (AvgIpc) is 3.09. The molecular weight excluding hydrogens is 336 g/mol. The third kappa shape index (κ3) is 3.55. The summed E-state index contributed by atoms with van der Waals surface area (Å²) in [7, 11) is 3.92. The molecule has 0 aliphatic carbocycles. The molecule has 3 aromatic heterocycles. The number of aromatic nitrogens is 5. The maximum Gasteiger partial charge on any atom is 0.164 e. The van der Waals surface area contributed by atoms with Gasteiger partial charge in [-0.3, -0.25) is 9.67 Å². The van der Waals surface area contributed by atoms with Gasteiger partial charge in [0.05, 0.1) is 11.6 Å². The molecule has 0 atom stereocenters. The molecule has 0 aliphatic heterocycles. The highest BCUT2D eigenvalue weighted by Gasteiger charge is 2.15. The maximum atomic E-state index is 4.81. The number of likely N-dealkylation sites (N-methyl/N-ethyl adjacent to an activating group) is 1. The summed E-state index contributed by atoms with van der Waals surface area (Å²) in [5.74, 6) is 1.53. The van der Waals surface area contributed by atoms with E-state index in [1.807, 2.05) is 50.6 Å². The molecule has 134 valence electrons. The predicted molar refractivity (Wildman–Crippen MR) is 108 cm³/mol. The summed E-state index contributed by atoms with van der Waals surface area (Å²) in [4.78, 5) is 15.7. The molecule has 0 unspecified atom stereocenters. The second kappa shape index (κ2) is 7.37. The Bertz CT molecular complexity index is 1070. The van der Waals surface area contributed by atoms with E-state index in [4.69, 9.17) is 9.97 Å². The molecular formula is C21H20N6. The molecule has 1 aromatic carbocycles. The van der Waals surface area contributed by atoms with Crippen LogP contribution in [0.5, 0.6) is 0 Å². The van der Waals surface area contributed by atoms with E-state index in [1.54, 1.807) is 17.1 Å². The first-order valence-corrected chi connectivity index (χ1v) is 8.75. The third-order valence-electron chi connectivity index (χ3n) is 4.36. The summed E-state index contributed by atoms with van der Waals surface area (Å²) in [6.45, 7) is 0.728. The Hall–Kier alpha value is -3.54. The lowest BCUT2D eigenvalue weighted by molar-refractivity contribution is 0.785. The van der Waals surface area contributed by atoms with Gasteiger partial charge in [-0.25, -0.2) is 9.97 Å². The highest BCUT2D eigenvalue weighted by molar-refractivity contribution is 5.88. The van der Waals surface area contributed by atoms with Gasteiger partial charge in [0.15, 0.2) is 11.5 Å². The first-order chi connectivity index (χ1) is 13.2. The van der Waals surface area contributed by atoms with Crippen molar-refractivity contribution in [2.75, 3.05) is 18.5 Å². The number of rotatable bonds is 5. The molecule has 0 saturated heterocycles. The van der Waals surface area contributed by atoms with Crippen LogP contribution in [0.15, 0.2) is 67.1 Å². The number of pyridine rings is 1. The monoisotopic (exact) mass is 356 g/mol. The second-order valence-electron chi connectivity index (χ2n) is 6.31. The largest absolute Gasteiger partial charge is 0.355 e. The van der Waals surface area contributed by atoms with E-state index in [9.17, 15) is 0 Å². The van der Waals surface area contributed by atoms with E-state index < -0.39 is 0 Å². The Kier molecular flexibility index (Phi) is 4.61. The number of aryl methyl sites for hydroxylation is 1. The first kappa shape index (κ1) is 16.9. The minimum Gasteiger partial charge on any atom is -0.355 e. The Morgan fingerprint density at radius 1 is 1.04 bits per heavy atom. The Morgan fingerprint density at radius 3 is 2.59 bits per heavy atom. The SMILES string of the molecule is CN(CC=Cc1ccccc1)c1nc(-c2ccncc2)nc2c1cnn2C. The van der Waals surface area contributed by atoms with Crippen molar-refractivity contribution >= 4 is 22.9 Å². The summed E-state index contributed by atoms with van der Waals surface area (Å²) in [6.07, 6.45) is 9.56. The van der Waals surface area contributed by atoms with Crippen LogP contribution in [0.4, 0.5) is 5.82 Å². The lowest BCUT2D eigenvalue weighted by Gasteiger charge is -2.18. The Labute approximate surface area is 157 Å². The molecule has 4 aromatic rings. The van der Waals surface area contributed by atoms with Crippen LogP contribution in [-0.4, -0.2) is 38.3 Å². The fourth-order valence-corrected chi connectivity index (χ4v) is 2.93. The van der Waals surface area contributed by atoms with Crippen molar-refractivity contribution in [3.8, 4) is 11.4 Å². The Balaban J connectivity index is 1.68. The molecule has 0 amide bonds. The van der Waals surface area contributed by atoms with Crippen LogP contribution in [-0.2, 0) is 7.05 Å². The lowest BCUT2D eigenvalue weighted by Crippen LogP contribution is -2.19. The van der Waals surface area contributed by atoms with Crippen molar-refractivity contribution in [2.24, 2.45) is 7.05 Å². The van der Waals surface area contributed by atoms with E-state index in [2.05, 4.69) is 39.3 Å². The standard InChI is InChI=1S/C21H20N6/c1-26(14-6-9-16-7-4-3-5-8-16)20-18-15-23-27(2)21(18)25-19(24-20)17-10-12-22-13-11-17/h3-13,15H,14H2,1-2H3. The Morgan fingerprint density at radius 2 is 1.81 bits per heavy atom. The van der Waals surface area contributed by atoms with Crippen LogP contribution in [0.25, 0.3) is 28.5 Å². The van der Waals surface area contributed by atoms with Crippen LogP contribution in [0.1, 0.15) is 5.56 Å². The van der Waals surface area contributed by atoms with E-state index in [0.29, 0.717) is 5.82 Å². The van der Waals surface area contributed by atoms with Gasteiger partial charge in [-0.05, 0) is 17.7 Å². The van der Waals surface area contributed by atoms with Crippen LogP contribution < -0.4 is 4.90 Å². The molecule has 6 nitrogen and oxygen atoms in total. The van der Waals surface area contributed by atoms with Gasteiger partial charge in [-0.15, -0.1) is 0 Å². The molecule has 4 rings (SSSR count). The molecule has 0 saturated carbocycles. The topological polar surface area (TPSA) is 59.7 Å². The minimum absolute atomic E-state index is 0.669. The molecule has 0 N–H and O–H groups in total. The van der Waals surface area contributed by atoms with Crippen LogP contribution in [0.2, 0.25) is 0 Å². The maximum absolute atomic E-state index is 4.81.